The quantitative estimate of drug-likeness (QED) is 0.862. The average Bonchev–Trinajstić information content (AvgIpc) is 2.37. The Kier molecular flexibility index (Phi) is 4.55. The molecule has 1 nitrogen and oxygen atoms in total. The van der Waals surface area contributed by atoms with E-state index < -0.39 is 6.04 Å². The molecule has 1 atom stereocenters. The van der Waals surface area contributed by atoms with Gasteiger partial charge in [0, 0.05) is 11.1 Å². The Labute approximate surface area is 123 Å². The molecule has 0 aromatic heterocycles. The van der Waals surface area contributed by atoms with E-state index in [9.17, 15) is 8.78 Å². The van der Waals surface area contributed by atoms with Gasteiger partial charge in [0.15, 0.2) is 0 Å². The molecule has 0 bridgehead atoms. The first-order chi connectivity index (χ1) is 8.97. The highest BCUT2D eigenvalue weighted by Crippen LogP contribution is 2.25. The Morgan fingerprint density at radius 1 is 1.16 bits per heavy atom. The van der Waals surface area contributed by atoms with Gasteiger partial charge in [-0.05, 0) is 63.8 Å². The third-order valence-corrected chi connectivity index (χ3v) is 3.83. The number of hydrogen-bond donors (Lipinski definition) is 1. The van der Waals surface area contributed by atoms with E-state index in [4.69, 9.17) is 17.3 Å². The molecule has 0 saturated carbocycles. The summed E-state index contributed by atoms with van der Waals surface area (Å²) in [5.74, 6) is -0.744. The predicted octanol–water partition coefficient (Wildman–Crippen LogP) is 4.62. The number of benzene rings is 2. The molecule has 0 aliphatic rings. The molecule has 0 aliphatic heterocycles. The van der Waals surface area contributed by atoms with E-state index in [1.54, 1.807) is 12.1 Å². The normalized spacial score (nSPS) is 12.5. The van der Waals surface area contributed by atoms with Gasteiger partial charge < -0.3 is 5.73 Å². The van der Waals surface area contributed by atoms with E-state index in [1.165, 1.54) is 24.3 Å². The number of halogens is 4. The van der Waals surface area contributed by atoms with Gasteiger partial charge in [-0.3, -0.25) is 0 Å². The Balaban J connectivity index is 2.22. The molecule has 2 aromatic carbocycles. The second-order valence-corrected chi connectivity index (χ2v) is 5.48. The van der Waals surface area contributed by atoms with Crippen molar-refractivity contribution in [2.24, 2.45) is 5.73 Å². The maximum Gasteiger partial charge on any atom is 0.137 e. The van der Waals surface area contributed by atoms with E-state index in [1.807, 2.05) is 0 Å². The van der Waals surface area contributed by atoms with Crippen LogP contribution in [0.1, 0.15) is 17.2 Å². The fraction of sp³-hybridized carbons (Fsp3) is 0.143. The maximum absolute atomic E-state index is 13.4. The van der Waals surface area contributed by atoms with Crippen molar-refractivity contribution in [3.8, 4) is 0 Å². The van der Waals surface area contributed by atoms with Crippen molar-refractivity contribution >= 4 is 27.5 Å². The molecule has 19 heavy (non-hydrogen) atoms. The van der Waals surface area contributed by atoms with E-state index in [0.717, 1.165) is 0 Å². The summed E-state index contributed by atoms with van der Waals surface area (Å²) >= 11 is 9.06. The average molecular weight is 347 g/mol. The van der Waals surface area contributed by atoms with Crippen molar-refractivity contribution in [2.45, 2.75) is 12.5 Å². The molecule has 0 amide bonds. The molecule has 0 heterocycles. The Morgan fingerprint density at radius 2 is 1.89 bits per heavy atom. The van der Waals surface area contributed by atoms with Gasteiger partial charge in [-0.1, -0.05) is 17.7 Å². The summed E-state index contributed by atoms with van der Waals surface area (Å²) in [6.07, 6.45) is 0.345. The lowest BCUT2D eigenvalue weighted by Crippen LogP contribution is -2.14. The van der Waals surface area contributed by atoms with Crippen LogP contribution in [0, 0.1) is 11.6 Å². The van der Waals surface area contributed by atoms with Gasteiger partial charge >= 0.3 is 0 Å². The zero-order chi connectivity index (χ0) is 14.0. The van der Waals surface area contributed by atoms with Crippen molar-refractivity contribution in [3.63, 3.8) is 0 Å². The van der Waals surface area contributed by atoms with Crippen LogP contribution in [0.25, 0.3) is 0 Å². The summed E-state index contributed by atoms with van der Waals surface area (Å²) < 4.78 is 27.0. The first kappa shape index (κ1) is 14.4. The fourth-order valence-electron chi connectivity index (χ4n) is 1.80. The highest BCUT2D eigenvalue weighted by Gasteiger charge is 2.12. The topological polar surface area (TPSA) is 26.0 Å². The molecule has 100 valence electrons. The monoisotopic (exact) mass is 345 g/mol. The summed E-state index contributed by atoms with van der Waals surface area (Å²) in [6, 6.07) is 8.36. The molecule has 5 heteroatoms. The van der Waals surface area contributed by atoms with Crippen molar-refractivity contribution in [1.29, 1.82) is 0 Å². The summed E-state index contributed by atoms with van der Waals surface area (Å²) in [6.45, 7) is 0. The second kappa shape index (κ2) is 5.99. The zero-order valence-electron chi connectivity index (χ0n) is 9.84. The van der Waals surface area contributed by atoms with Crippen LogP contribution in [0.4, 0.5) is 8.78 Å². The Hall–Kier alpha value is -0.970. The van der Waals surface area contributed by atoms with Gasteiger partial charge in [0.05, 0.1) is 4.47 Å². The lowest BCUT2D eigenvalue weighted by Gasteiger charge is -2.14. The third-order valence-electron chi connectivity index (χ3n) is 2.82. The molecule has 0 radical (unpaired) electrons. The van der Waals surface area contributed by atoms with Crippen LogP contribution in [0.5, 0.6) is 0 Å². The van der Waals surface area contributed by atoms with Crippen LogP contribution < -0.4 is 5.73 Å². The fourth-order valence-corrected chi connectivity index (χ4v) is 2.24. The van der Waals surface area contributed by atoms with E-state index >= 15 is 0 Å². The molecule has 0 aliphatic carbocycles. The van der Waals surface area contributed by atoms with Crippen LogP contribution >= 0.6 is 27.5 Å². The van der Waals surface area contributed by atoms with Crippen molar-refractivity contribution in [2.75, 3.05) is 0 Å². The van der Waals surface area contributed by atoms with E-state index in [-0.39, 0.29) is 11.6 Å². The standard InChI is InChI=1S/C14H11BrClF2N/c15-11-3-1-8(6-13(11)18)14(19)7-9-5-10(17)2-4-12(9)16/h1-6,14H,7,19H2. The van der Waals surface area contributed by atoms with Crippen LogP contribution in [-0.2, 0) is 6.42 Å². The molecular weight excluding hydrogens is 336 g/mol. The van der Waals surface area contributed by atoms with Crippen LogP contribution in [-0.4, -0.2) is 0 Å². The molecule has 0 spiro atoms. The maximum atomic E-state index is 13.4. The lowest BCUT2D eigenvalue weighted by molar-refractivity contribution is 0.609. The molecule has 0 fully saturated rings. The number of rotatable bonds is 3. The summed E-state index contributed by atoms with van der Waals surface area (Å²) in [7, 11) is 0. The summed E-state index contributed by atoms with van der Waals surface area (Å²) in [5, 5.41) is 0.453. The number of nitrogens with two attached hydrogens (primary N) is 1. The van der Waals surface area contributed by atoms with Gasteiger partial charge in [0.25, 0.3) is 0 Å². The third kappa shape index (κ3) is 3.53. The van der Waals surface area contributed by atoms with Gasteiger partial charge in [-0.15, -0.1) is 0 Å². The van der Waals surface area contributed by atoms with E-state index in [2.05, 4.69) is 15.9 Å². The molecule has 2 aromatic rings. The van der Waals surface area contributed by atoms with Crippen LogP contribution in [0.3, 0.4) is 0 Å². The predicted molar refractivity (Wildman–Crippen MR) is 76.1 cm³/mol. The van der Waals surface area contributed by atoms with Crippen molar-refractivity contribution < 1.29 is 8.78 Å². The largest absolute Gasteiger partial charge is 0.324 e. The van der Waals surface area contributed by atoms with E-state index in [0.29, 0.717) is 27.0 Å². The number of hydrogen-bond acceptors (Lipinski definition) is 1. The zero-order valence-corrected chi connectivity index (χ0v) is 12.2. The van der Waals surface area contributed by atoms with Gasteiger partial charge in [-0.25, -0.2) is 8.78 Å². The van der Waals surface area contributed by atoms with Crippen LogP contribution in [0.2, 0.25) is 5.02 Å². The molecule has 1 unspecified atom stereocenters. The van der Waals surface area contributed by atoms with Gasteiger partial charge in [0.2, 0.25) is 0 Å². The summed E-state index contributed by atoms with van der Waals surface area (Å²) in [4.78, 5) is 0. The Morgan fingerprint density at radius 3 is 2.58 bits per heavy atom. The minimum atomic E-state index is -0.443. The minimum absolute atomic E-state index is 0.345. The van der Waals surface area contributed by atoms with Crippen LogP contribution in [0.15, 0.2) is 40.9 Å². The Bertz CT molecular complexity index is 604. The minimum Gasteiger partial charge on any atom is -0.324 e. The van der Waals surface area contributed by atoms with Crippen molar-refractivity contribution in [1.82, 2.24) is 0 Å². The van der Waals surface area contributed by atoms with Gasteiger partial charge in [-0.2, -0.15) is 0 Å². The first-order valence-electron chi connectivity index (χ1n) is 5.62. The highest BCUT2D eigenvalue weighted by molar-refractivity contribution is 9.10. The first-order valence-corrected chi connectivity index (χ1v) is 6.79. The summed E-state index contributed by atoms with van der Waals surface area (Å²) in [5.41, 5.74) is 7.25. The highest BCUT2D eigenvalue weighted by atomic mass is 79.9. The second-order valence-electron chi connectivity index (χ2n) is 4.22. The molecule has 2 N–H and O–H groups in total. The molecular formula is C14H11BrClF2N. The molecule has 0 saturated heterocycles. The smallest absolute Gasteiger partial charge is 0.137 e. The molecule has 2 rings (SSSR count). The SMILES string of the molecule is NC(Cc1cc(F)ccc1Cl)c1ccc(Br)c(F)c1. The van der Waals surface area contributed by atoms with Crippen molar-refractivity contribution in [3.05, 3.63) is 68.7 Å². The lowest BCUT2D eigenvalue weighted by atomic mass is 9.99. The van der Waals surface area contributed by atoms with Gasteiger partial charge in [0.1, 0.15) is 11.6 Å².